The van der Waals surface area contributed by atoms with Crippen LogP contribution in [0.1, 0.15) is 79.0 Å². The van der Waals surface area contributed by atoms with E-state index in [9.17, 15) is 0 Å². The summed E-state index contributed by atoms with van der Waals surface area (Å²) < 4.78 is 2.70. The van der Waals surface area contributed by atoms with Gasteiger partial charge in [-0.1, -0.05) is 190 Å². The lowest BCUT2D eigenvalue weighted by molar-refractivity contribution is 0.590. The summed E-state index contributed by atoms with van der Waals surface area (Å²) in [5.41, 5.74) is 18.9. The molecule has 0 atom stereocenters. The molecule has 11 aromatic rings. The fraction of sp³-hybridized carbons (Fsp3) is 0.182. The molecule has 3 heterocycles. The van der Waals surface area contributed by atoms with Gasteiger partial charge >= 0.3 is 0 Å². The second-order valence-corrected chi connectivity index (χ2v) is 24.1. The summed E-state index contributed by atoms with van der Waals surface area (Å²) in [5, 5.41) is 9.13. The van der Waals surface area contributed by atoms with E-state index in [0.29, 0.717) is 0 Å². The van der Waals surface area contributed by atoms with Crippen LogP contribution in [0.25, 0.3) is 64.7 Å². The Morgan fingerprint density at radius 3 is 1.71 bits per heavy atom. The normalized spacial score (nSPS) is 13.7. The Morgan fingerprint density at radius 2 is 1.00 bits per heavy atom. The van der Waals surface area contributed by atoms with E-state index in [0.717, 1.165) is 0 Å². The van der Waals surface area contributed by atoms with E-state index in [-0.39, 0.29) is 23.0 Å². The molecule has 0 N–H and O–H groups in total. The third-order valence-corrected chi connectivity index (χ3v) is 16.7. The van der Waals surface area contributed by atoms with Crippen LogP contribution in [0.2, 0.25) is 0 Å². The van der Waals surface area contributed by atoms with Crippen molar-refractivity contribution in [1.29, 1.82) is 0 Å². The van der Waals surface area contributed by atoms with Crippen molar-refractivity contribution >= 4 is 110 Å². The molecule has 0 bridgehead atoms. The highest BCUT2D eigenvalue weighted by atomic mass is 32.1. The van der Waals surface area contributed by atoms with E-state index in [2.05, 4.69) is 254 Å². The summed E-state index contributed by atoms with van der Waals surface area (Å²) in [5.74, 6) is 0. The van der Waals surface area contributed by atoms with Gasteiger partial charge in [-0.2, -0.15) is 0 Å². The molecule has 13 rings (SSSR count). The lowest BCUT2D eigenvalue weighted by Crippen LogP contribution is -2.60. The van der Waals surface area contributed by atoms with E-state index in [1.165, 1.54) is 131 Å². The first-order valence-corrected chi connectivity index (χ1v) is 25.8. The molecule has 0 amide bonds. The van der Waals surface area contributed by atoms with Crippen molar-refractivity contribution in [3.8, 4) is 22.3 Å². The summed E-state index contributed by atoms with van der Waals surface area (Å²) in [6.07, 6.45) is 0. The predicted molar refractivity (Wildman–Crippen MR) is 307 cm³/mol. The molecule has 4 heteroatoms. The van der Waals surface area contributed by atoms with Crippen LogP contribution in [0, 0.1) is 0 Å². The molecule has 0 radical (unpaired) electrons. The maximum atomic E-state index is 2.68. The molecule has 340 valence electrons. The number of hydrogen-bond acceptors (Lipinski definition) is 3. The number of thiophene rings is 1. The Bertz CT molecular complexity index is 3880. The van der Waals surface area contributed by atoms with Crippen LogP contribution in [0.3, 0.4) is 0 Å². The van der Waals surface area contributed by atoms with Crippen molar-refractivity contribution in [3.63, 3.8) is 0 Å². The molecule has 10 aromatic carbocycles. The van der Waals surface area contributed by atoms with Gasteiger partial charge in [0.15, 0.2) is 0 Å². The first-order chi connectivity index (χ1) is 33.6. The van der Waals surface area contributed by atoms with Crippen LogP contribution in [0.5, 0.6) is 0 Å². The molecule has 2 nitrogen and oxygen atoms in total. The lowest BCUT2D eigenvalue weighted by Gasteiger charge is -2.43. The second-order valence-electron chi connectivity index (χ2n) is 23.0. The largest absolute Gasteiger partial charge is 0.311 e. The highest BCUT2D eigenvalue weighted by Crippen LogP contribution is 2.52. The van der Waals surface area contributed by atoms with Gasteiger partial charge in [0.1, 0.15) is 0 Å². The number of anilines is 6. The van der Waals surface area contributed by atoms with E-state index in [1.54, 1.807) is 0 Å². The summed E-state index contributed by atoms with van der Waals surface area (Å²) in [4.78, 5) is 5.23. The monoisotopic (exact) mass is 920 g/mol. The minimum Gasteiger partial charge on any atom is -0.311 e. The first-order valence-electron chi connectivity index (χ1n) is 25.0. The van der Waals surface area contributed by atoms with Crippen molar-refractivity contribution in [2.45, 2.75) is 78.6 Å². The van der Waals surface area contributed by atoms with Crippen LogP contribution in [-0.2, 0) is 16.2 Å². The van der Waals surface area contributed by atoms with E-state index < -0.39 is 0 Å². The summed E-state index contributed by atoms with van der Waals surface area (Å²) in [6.45, 7) is 21.0. The van der Waals surface area contributed by atoms with Gasteiger partial charge < -0.3 is 9.80 Å². The van der Waals surface area contributed by atoms with Crippen LogP contribution in [0.15, 0.2) is 182 Å². The lowest BCUT2D eigenvalue weighted by atomic mass is 9.36. The van der Waals surface area contributed by atoms with Crippen molar-refractivity contribution in [2.75, 3.05) is 9.80 Å². The molecular formula is C66H57BN2S. The Morgan fingerprint density at radius 1 is 0.400 bits per heavy atom. The third kappa shape index (κ3) is 6.52. The van der Waals surface area contributed by atoms with E-state index >= 15 is 0 Å². The van der Waals surface area contributed by atoms with E-state index in [4.69, 9.17) is 0 Å². The second kappa shape index (κ2) is 15.2. The fourth-order valence-corrected chi connectivity index (χ4v) is 13.0. The fourth-order valence-electron chi connectivity index (χ4n) is 11.7. The summed E-state index contributed by atoms with van der Waals surface area (Å²) in [6, 6.07) is 70.0. The van der Waals surface area contributed by atoms with Crippen LogP contribution < -0.4 is 25.5 Å². The minimum atomic E-state index is -0.0684. The SMILES string of the molecule is CC(C)(C)c1ccc(N2c3ccc(-c4ccccc4)cc3B3c4sc5ccc(C(C)(C)C)cc5c4N(c4ccc(C(C)(C)C)cc4-c4ccc5ccc6cccc7ccc4c5c67)c4cccc2c43)cc1. The quantitative estimate of drug-likeness (QED) is 0.128. The number of nitrogens with zero attached hydrogens (tertiary/aromatic N) is 2. The highest BCUT2D eigenvalue weighted by molar-refractivity contribution is 7.33. The summed E-state index contributed by atoms with van der Waals surface area (Å²) >= 11 is 1.98. The van der Waals surface area contributed by atoms with Gasteiger partial charge in [-0.25, -0.2) is 0 Å². The van der Waals surface area contributed by atoms with Crippen LogP contribution in [0.4, 0.5) is 34.1 Å². The predicted octanol–water partition coefficient (Wildman–Crippen LogP) is 17.1. The standard InChI is InChI=1S/C66H57BN2S/c1-64(2,3)45-26-30-48(31-27-45)68-55-34-25-44(40-15-11-10-12-16-40)37-53(55)67-61-56(68)19-14-20-57(61)69(62-52-39-47(66(7,8)9)29-36-58(52)70-63(62)67)54-35-28-46(65(4,5)6)38-51(54)49-32-23-43-22-21-41-17-13-18-42-24-33-50(49)60(43)59(41)42/h10-39H,1-9H3. The zero-order valence-electron chi connectivity index (χ0n) is 41.7. The molecule has 0 saturated carbocycles. The van der Waals surface area contributed by atoms with Gasteiger partial charge in [0, 0.05) is 43.2 Å². The van der Waals surface area contributed by atoms with Crippen LogP contribution >= 0.6 is 11.3 Å². The molecule has 0 aliphatic carbocycles. The van der Waals surface area contributed by atoms with Crippen molar-refractivity contribution in [2.24, 2.45) is 0 Å². The maximum absolute atomic E-state index is 2.68. The zero-order chi connectivity index (χ0) is 48.0. The topological polar surface area (TPSA) is 6.48 Å². The smallest absolute Gasteiger partial charge is 0.264 e. The molecule has 2 aliphatic heterocycles. The van der Waals surface area contributed by atoms with Crippen molar-refractivity contribution in [3.05, 3.63) is 199 Å². The van der Waals surface area contributed by atoms with Crippen molar-refractivity contribution in [1.82, 2.24) is 0 Å². The molecule has 0 spiro atoms. The Kier molecular flexibility index (Phi) is 9.31. The summed E-state index contributed by atoms with van der Waals surface area (Å²) in [7, 11) is 0. The Labute approximate surface area is 417 Å². The van der Waals surface area contributed by atoms with Gasteiger partial charge in [-0.3, -0.25) is 0 Å². The van der Waals surface area contributed by atoms with Crippen LogP contribution in [-0.4, -0.2) is 6.71 Å². The minimum absolute atomic E-state index is 0.00328. The molecule has 2 aliphatic rings. The number of fused-ring (bicyclic) bond motifs is 6. The third-order valence-electron chi connectivity index (χ3n) is 15.5. The van der Waals surface area contributed by atoms with Gasteiger partial charge in [-0.05, 0) is 147 Å². The van der Waals surface area contributed by atoms with Gasteiger partial charge in [0.2, 0.25) is 0 Å². The number of benzene rings is 10. The molecular weight excluding hydrogens is 864 g/mol. The van der Waals surface area contributed by atoms with Crippen molar-refractivity contribution < 1.29 is 0 Å². The highest BCUT2D eigenvalue weighted by Gasteiger charge is 2.46. The Balaban J connectivity index is 1.14. The average Bonchev–Trinajstić information content (AvgIpc) is 3.73. The molecule has 70 heavy (non-hydrogen) atoms. The first kappa shape index (κ1) is 42.9. The maximum Gasteiger partial charge on any atom is 0.264 e. The van der Waals surface area contributed by atoms with Gasteiger partial charge in [0.25, 0.3) is 6.71 Å². The molecule has 0 fully saturated rings. The number of rotatable bonds is 4. The molecule has 0 saturated heterocycles. The molecule has 1 aromatic heterocycles. The number of hydrogen-bond donors (Lipinski definition) is 0. The van der Waals surface area contributed by atoms with Gasteiger partial charge in [-0.15, -0.1) is 11.3 Å². The average molecular weight is 921 g/mol. The van der Waals surface area contributed by atoms with E-state index in [1.807, 2.05) is 11.3 Å². The zero-order valence-corrected chi connectivity index (χ0v) is 42.5. The van der Waals surface area contributed by atoms with Gasteiger partial charge in [0.05, 0.1) is 11.4 Å². The Hall–Kier alpha value is -7.14. The molecule has 0 unspecified atom stereocenters.